The van der Waals surface area contributed by atoms with Crippen molar-refractivity contribution in [3.63, 3.8) is 0 Å². The van der Waals surface area contributed by atoms with Gasteiger partial charge < -0.3 is 4.74 Å². The van der Waals surface area contributed by atoms with Gasteiger partial charge in [0, 0.05) is 5.41 Å². The molecule has 0 N–H and O–H groups in total. The Labute approximate surface area is 104 Å². The van der Waals surface area contributed by atoms with Crippen LogP contribution in [-0.2, 0) is 9.53 Å². The minimum absolute atomic E-state index is 0.0717. The molecule has 2 nitrogen and oxygen atoms in total. The molecule has 4 atom stereocenters. The maximum absolute atomic E-state index is 10.8. The molecule has 1 saturated carbocycles. The fourth-order valence-corrected chi connectivity index (χ4v) is 4.12. The smallest absolute Gasteiger partial charge is 0.293 e. The Balaban J connectivity index is 2.42. The molecular formula is C15H24O2. The molecule has 2 aliphatic carbocycles. The number of allylic oxidation sites excluding steroid dienone is 2. The van der Waals surface area contributed by atoms with Crippen LogP contribution in [0.5, 0.6) is 0 Å². The van der Waals surface area contributed by atoms with Crippen molar-refractivity contribution in [1.82, 2.24) is 0 Å². The Morgan fingerprint density at radius 1 is 1.41 bits per heavy atom. The van der Waals surface area contributed by atoms with Crippen LogP contribution in [0.15, 0.2) is 11.6 Å². The lowest BCUT2D eigenvalue weighted by Gasteiger charge is -2.58. The van der Waals surface area contributed by atoms with Gasteiger partial charge in [-0.15, -0.1) is 0 Å². The van der Waals surface area contributed by atoms with Crippen molar-refractivity contribution in [2.75, 3.05) is 0 Å². The molecule has 0 amide bonds. The molecule has 17 heavy (non-hydrogen) atoms. The molecule has 2 rings (SSSR count). The van der Waals surface area contributed by atoms with Crippen molar-refractivity contribution in [3.05, 3.63) is 11.6 Å². The summed E-state index contributed by atoms with van der Waals surface area (Å²) >= 11 is 0. The molecule has 0 spiro atoms. The van der Waals surface area contributed by atoms with E-state index in [0.29, 0.717) is 12.4 Å². The quantitative estimate of drug-likeness (QED) is 0.539. The second-order valence-electron chi connectivity index (χ2n) is 6.34. The second kappa shape index (κ2) is 4.15. The van der Waals surface area contributed by atoms with Gasteiger partial charge in [-0.25, -0.2) is 0 Å². The average molecular weight is 236 g/mol. The predicted molar refractivity (Wildman–Crippen MR) is 68.5 cm³/mol. The number of rotatable bonds is 2. The first-order chi connectivity index (χ1) is 7.95. The van der Waals surface area contributed by atoms with Gasteiger partial charge in [0.25, 0.3) is 6.47 Å². The van der Waals surface area contributed by atoms with Crippen LogP contribution in [0.2, 0.25) is 0 Å². The van der Waals surface area contributed by atoms with E-state index in [1.165, 1.54) is 12.0 Å². The lowest BCUT2D eigenvalue weighted by molar-refractivity contribution is -0.164. The van der Waals surface area contributed by atoms with E-state index >= 15 is 0 Å². The third-order valence-corrected chi connectivity index (χ3v) is 5.69. The number of fused-ring (bicyclic) bond motifs is 1. The summed E-state index contributed by atoms with van der Waals surface area (Å²) in [5.41, 5.74) is 1.79. The zero-order valence-corrected chi connectivity index (χ0v) is 11.5. The van der Waals surface area contributed by atoms with Crippen molar-refractivity contribution in [1.29, 1.82) is 0 Å². The number of hydrogen-bond donors (Lipinski definition) is 0. The standard InChI is InChI=1S/C15H24O2/c1-11-7-9-14(3)12(2)6-5-8-15(14,4)13(11)17-10-16/h6,10-11,13H,5,7-9H2,1-4H3/t11-,13+,14+,15+/m1/s1. The van der Waals surface area contributed by atoms with Crippen LogP contribution >= 0.6 is 0 Å². The van der Waals surface area contributed by atoms with E-state index in [-0.39, 0.29) is 16.9 Å². The largest absolute Gasteiger partial charge is 0.464 e. The lowest BCUT2D eigenvalue weighted by atomic mass is 9.48. The third kappa shape index (κ3) is 1.64. The summed E-state index contributed by atoms with van der Waals surface area (Å²) in [5.74, 6) is 0.476. The van der Waals surface area contributed by atoms with Crippen molar-refractivity contribution >= 4 is 6.47 Å². The fourth-order valence-electron chi connectivity index (χ4n) is 4.12. The Bertz CT molecular complexity index is 347. The van der Waals surface area contributed by atoms with Gasteiger partial charge in [-0.1, -0.05) is 32.4 Å². The molecule has 2 heteroatoms. The molecule has 0 saturated heterocycles. The summed E-state index contributed by atoms with van der Waals surface area (Å²) in [7, 11) is 0. The molecule has 0 aromatic rings. The number of ether oxygens (including phenoxy) is 1. The second-order valence-corrected chi connectivity index (χ2v) is 6.34. The van der Waals surface area contributed by atoms with Crippen LogP contribution in [0.3, 0.4) is 0 Å². The maximum Gasteiger partial charge on any atom is 0.293 e. The Hall–Kier alpha value is -0.790. The summed E-state index contributed by atoms with van der Waals surface area (Å²) in [6.45, 7) is 9.77. The van der Waals surface area contributed by atoms with E-state index in [1.54, 1.807) is 0 Å². The first-order valence-corrected chi connectivity index (χ1v) is 6.72. The SMILES string of the molecule is CC1=CCC[C@@]2(C)[C@@H](OC=O)[C@H](C)CC[C@@]12C. The highest BCUT2D eigenvalue weighted by molar-refractivity contribution is 5.38. The van der Waals surface area contributed by atoms with Crippen LogP contribution in [0.4, 0.5) is 0 Å². The fraction of sp³-hybridized carbons (Fsp3) is 0.800. The summed E-state index contributed by atoms with van der Waals surface area (Å²) in [4.78, 5) is 10.8. The molecule has 0 bridgehead atoms. The van der Waals surface area contributed by atoms with Gasteiger partial charge in [0.2, 0.25) is 0 Å². The van der Waals surface area contributed by atoms with Gasteiger partial charge in [-0.3, -0.25) is 4.79 Å². The van der Waals surface area contributed by atoms with Gasteiger partial charge in [-0.2, -0.15) is 0 Å². The highest BCUT2D eigenvalue weighted by atomic mass is 16.5. The van der Waals surface area contributed by atoms with Crippen molar-refractivity contribution in [2.24, 2.45) is 16.7 Å². The number of carbonyl (C=O) groups excluding carboxylic acids is 1. The van der Waals surface area contributed by atoms with E-state index in [0.717, 1.165) is 19.3 Å². The average Bonchev–Trinajstić information content (AvgIpc) is 2.29. The lowest BCUT2D eigenvalue weighted by Crippen LogP contribution is -2.55. The molecule has 0 aromatic heterocycles. The monoisotopic (exact) mass is 236 g/mol. The summed E-state index contributed by atoms with van der Waals surface area (Å²) in [6, 6.07) is 0. The molecule has 0 heterocycles. The molecule has 0 aliphatic heterocycles. The van der Waals surface area contributed by atoms with Crippen LogP contribution in [0.25, 0.3) is 0 Å². The van der Waals surface area contributed by atoms with E-state index in [2.05, 4.69) is 33.8 Å². The highest BCUT2D eigenvalue weighted by Crippen LogP contribution is 2.60. The Kier molecular flexibility index (Phi) is 3.09. The molecular weight excluding hydrogens is 212 g/mol. The zero-order valence-electron chi connectivity index (χ0n) is 11.5. The molecule has 0 aromatic carbocycles. The highest BCUT2D eigenvalue weighted by Gasteiger charge is 2.56. The number of carbonyl (C=O) groups is 1. The van der Waals surface area contributed by atoms with Crippen LogP contribution in [0, 0.1) is 16.7 Å². The van der Waals surface area contributed by atoms with Gasteiger partial charge >= 0.3 is 0 Å². The van der Waals surface area contributed by atoms with Gasteiger partial charge in [0.05, 0.1) is 0 Å². The first kappa shape index (κ1) is 12.7. The van der Waals surface area contributed by atoms with E-state index < -0.39 is 0 Å². The molecule has 0 radical (unpaired) electrons. The van der Waals surface area contributed by atoms with Crippen LogP contribution in [0.1, 0.15) is 53.4 Å². The normalized spacial score (nSPS) is 45.8. The summed E-state index contributed by atoms with van der Waals surface area (Å²) in [6.07, 6.45) is 7.05. The summed E-state index contributed by atoms with van der Waals surface area (Å²) in [5, 5.41) is 0. The van der Waals surface area contributed by atoms with Gasteiger partial charge in [0.1, 0.15) is 6.10 Å². The summed E-state index contributed by atoms with van der Waals surface area (Å²) < 4.78 is 5.47. The van der Waals surface area contributed by atoms with Gasteiger partial charge in [0.15, 0.2) is 0 Å². The minimum Gasteiger partial charge on any atom is -0.464 e. The molecule has 2 aliphatic rings. The van der Waals surface area contributed by atoms with Crippen molar-refractivity contribution in [2.45, 2.75) is 59.5 Å². The Morgan fingerprint density at radius 2 is 2.12 bits per heavy atom. The molecule has 0 unspecified atom stereocenters. The van der Waals surface area contributed by atoms with E-state index in [4.69, 9.17) is 4.74 Å². The molecule has 1 fully saturated rings. The van der Waals surface area contributed by atoms with Crippen molar-refractivity contribution in [3.8, 4) is 0 Å². The van der Waals surface area contributed by atoms with Gasteiger partial charge in [-0.05, 0) is 43.9 Å². The third-order valence-electron chi connectivity index (χ3n) is 5.69. The van der Waals surface area contributed by atoms with E-state index in [1.807, 2.05) is 0 Å². The van der Waals surface area contributed by atoms with Crippen LogP contribution < -0.4 is 0 Å². The maximum atomic E-state index is 10.8. The predicted octanol–water partition coefficient (Wildman–Crippen LogP) is 3.71. The number of hydrogen-bond acceptors (Lipinski definition) is 2. The topological polar surface area (TPSA) is 26.3 Å². The van der Waals surface area contributed by atoms with Crippen LogP contribution in [-0.4, -0.2) is 12.6 Å². The molecule has 96 valence electrons. The minimum atomic E-state index is 0.0717. The van der Waals surface area contributed by atoms with E-state index in [9.17, 15) is 4.79 Å². The Morgan fingerprint density at radius 3 is 2.76 bits per heavy atom. The van der Waals surface area contributed by atoms with Crippen molar-refractivity contribution < 1.29 is 9.53 Å². The first-order valence-electron chi connectivity index (χ1n) is 6.72. The zero-order chi connectivity index (χ0) is 12.7.